The molecule has 20 heavy (non-hydrogen) atoms. The van der Waals surface area contributed by atoms with E-state index in [0.717, 1.165) is 31.9 Å². The van der Waals surface area contributed by atoms with Gasteiger partial charge in [-0.05, 0) is 30.9 Å². The van der Waals surface area contributed by atoms with Crippen LogP contribution in [0.1, 0.15) is 18.5 Å². The average molecular weight is 294 g/mol. The summed E-state index contributed by atoms with van der Waals surface area (Å²) in [5.74, 6) is 0.0772. The number of morpholine rings is 1. The van der Waals surface area contributed by atoms with Gasteiger partial charge in [0.1, 0.15) is 0 Å². The molecule has 110 valence electrons. The highest BCUT2D eigenvalue weighted by atomic mass is 32.2. The van der Waals surface area contributed by atoms with E-state index in [4.69, 9.17) is 4.74 Å². The lowest BCUT2D eigenvalue weighted by molar-refractivity contribution is -0.123. The maximum absolute atomic E-state index is 12.0. The SMILES string of the molecule is CSc1ccc(C(C)NC(=O)CN2CCOCC2)cc1. The van der Waals surface area contributed by atoms with E-state index in [9.17, 15) is 4.79 Å². The largest absolute Gasteiger partial charge is 0.379 e. The third-order valence-electron chi connectivity index (χ3n) is 3.46. The molecule has 1 aromatic carbocycles. The van der Waals surface area contributed by atoms with Crippen LogP contribution in [0, 0.1) is 0 Å². The molecule has 1 amide bonds. The molecule has 2 rings (SSSR count). The van der Waals surface area contributed by atoms with Gasteiger partial charge in [0, 0.05) is 18.0 Å². The Labute approximate surface area is 124 Å². The molecular formula is C15H22N2O2S. The Kier molecular flexibility index (Phi) is 5.88. The second-order valence-electron chi connectivity index (χ2n) is 4.95. The van der Waals surface area contributed by atoms with Crippen molar-refractivity contribution in [2.24, 2.45) is 0 Å². The third-order valence-corrected chi connectivity index (χ3v) is 4.21. The average Bonchev–Trinajstić information content (AvgIpc) is 2.48. The molecule has 1 unspecified atom stereocenters. The van der Waals surface area contributed by atoms with Crippen LogP contribution in [0.15, 0.2) is 29.2 Å². The van der Waals surface area contributed by atoms with Gasteiger partial charge in [-0.25, -0.2) is 0 Å². The molecule has 1 aliphatic rings. The first-order valence-electron chi connectivity index (χ1n) is 6.92. The number of nitrogens with zero attached hydrogens (tertiary/aromatic N) is 1. The van der Waals surface area contributed by atoms with Gasteiger partial charge in [-0.3, -0.25) is 9.69 Å². The zero-order chi connectivity index (χ0) is 14.4. The summed E-state index contributed by atoms with van der Waals surface area (Å²) in [7, 11) is 0. The lowest BCUT2D eigenvalue weighted by Gasteiger charge is -2.26. The summed E-state index contributed by atoms with van der Waals surface area (Å²) in [6, 6.07) is 8.37. The van der Waals surface area contributed by atoms with E-state index in [1.807, 2.05) is 6.92 Å². The van der Waals surface area contributed by atoms with Gasteiger partial charge >= 0.3 is 0 Å². The van der Waals surface area contributed by atoms with Crippen LogP contribution >= 0.6 is 11.8 Å². The summed E-state index contributed by atoms with van der Waals surface area (Å²) < 4.78 is 5.28. The van der Waals surface area contributed by atoms with Crippen molar-refractivity contribution in [3.05, 3.63) is 29.8 Å². The summed E-state index contributed by atoms with van der Waals surface area (Å²) >= 11 is 1.72. The van der Waals surface area contributed by atoms with Crippen LogP contribution in [-0.2, 0) is 9.53 Å². The first-order valence-corrected chi connectivity index (χ1v) is 8.15. The first kappa shape index (κ1) is 15.4. The second kappa shape index (κ2) is 7.67. The highest BCUT2D eigenvalue weighted by molar-refractivity contribution is 7.98. The molecule has 1 saturated heterocycles. The molecule has 0 aromatic heterocycles. The molecule has 1 heterocycles. The number of thioether (sulfide) groups is 1. The highest BCUT2D eigenvalue weighted by Gasteiger charge is 2.16. The number of ether oxygens (including phenoxy) is 1. The molecule has 5 heteroatoms. The molecule has 1 atom stereocenters. The van der Waals surface area contributed by atoms with Crippen molar-refractivity contribution in [3.8, 4) is 0 Å². The molecule has 1 aromatic rings. The van der Waals surface area contributed by atoms with Crippen molar-refractivity contribution < 1.29 is 9.53 Å². The van der Waals surface area contributed by atoms with Crippen molar-refractivity contribution in [3.63, 3.8) is 0 Å². The molecule has 1 N–H and O–H groups in total. The van der Waals surface area contributed by atoms with Gasteiger partial charge in [-0.2, -0.15) is 0 Å². The minimum atomic E-state index is 0.0412. The Hall–Kier alpha value is -1.04. The Morgan fingerprint density at radius 2 is 2.00 bits per heavy atom. The smallest absolute Gasteiger partial charge is 0.234 e. The van der Waals surface area contributed by atoms with Crippen LogP contribution in [0.2, 0.25) is 0 Å². The van der Waals surface area contributed by atoms with Crippen LogP contribution in [-0.4, -0.2) is 49.9 Å². The molecule has 1 fully saturated rings. The first-order chi connectivity index (χ1) is 9.69. The van der Waals surface area contributed by atoms with E-state index in [2.05, 4.69) is 40.7 Å². The van der Waals surface area contributed by atoms with Crippen molar-refractivity contribution >= 4 is 17.7 Å². The van der Waals surface area contributed by atoms with E-state index in [1.165, 1.54) is 4.90 Å². The summed E-state index contributed by atoms with van der Waals surface area (Å²) in [5, 5.41) is 3.05. The van der Waals surface area contributed by atoms with Crippen LogP contribution < -0.4 is 5.32 Å². The van der Waals surface area contributed by atoms with Crippen molar-refractivity contribution in [1.82, 2.24) is 10.2 Å². The van der Waals surface area contributed by atoms with E-state index in [-0.39, 0.29) is 11.9 Å². The predicted octanol–water partition coefficient (Wildman–Crippen LogP) is 1.92. The normalized spacial score (nSPS) is 17.7. The van der Waals surface area contributed by atoms with Gasteiger partial charge in [-0.1, -0.05) is 12.1 Å². The predicted molar refractivity (Wildman–Crippen MR) is 82.0 cm³/mol. The number of rotatable bonds is 5. The lowest BCUT2D eigenvalue weighted by atomic mass is 10.1. The standard InChI is InChI=1S/C15H22N2O2S/c1-12(13-3-5-14(20-2)6-4-13)16-15(18)11-17-7-9-19-10-8-17/h3-6,12H,7-11H2,1-2H3,(H,16,18). The van der Waals surface area contributed by atoms with E-state index < -0.39 is 0 Å². The van der Waals surface area contributed by atoms with Crippen molar-refractivity contribution in [2.45, 2.75) is 17.9 Å². The van der Waals surface area contributed by atoms with Gasteiger partial charge in [0.05, 0.1) is 25.8 Å². The number of benzene rings is 1. The molecule has 4 nitrogen and oxygen atoms in total. The molecule has 0 spiro atoms. The number of amides is 1. The fourth-order valence-electron chi connectivity index (χ4n) is 2.23. The highest BCUT2D eigenvalue weighted by Crippen LogP contribution is 2.18. The topological polar surface area (TPSA) is 41.6 Å². The zero-order valence-electron chi connectivity index (χ0n) is 12.1. The number of hydrogen-bond donors (Lipinski definition) is 1. The third kappa shape index (κ3) is 4.51. The Bertz CT molecular complexity index is 430. The molecule has 0 radical (unpaired) electrons. The molecular weight excluding hydrogens is 272 g/mol. The second-order valence-corrected chi connectivity index (χ2v) is 5.83. The molecule has 0 saturated carbocycles. The monoisotopic (exact) mass is 294 g/mol. The van der Waals surface area contributed by atoms with Gasteiger partial charge in [-0.15, -0.1) is 11.8 Å². The fourth-order valence-corrected chi connectivity index (χ4v) is 2.63. The fraction of sp³-hybridized carbons (Fsp3) is 0.533. The lowest BCUT2D eigenvalue weighted by Crippen LogP contribution is -2.43. The Morgan fingerprint density at radius 3 is 2.60 bits per heavy atom. The van der Waals surface area contributed by atoms with Crippen molar-refractivity contribution in [1.29, 1.82) is 0 Å². The maximum atomic E-state index is 12.0. The van der Waals surface area contributed by atoms with E-state index in [0.29, 0.717) is 6.54 Å². The minimum absolute atomic E-state index is 0.0412. The molecule has 1 aliphatic heterocycles. The van der Waals surface area contributed by atoms with Gasteiger partial charge < -0.3 is 10.1 Å². The van der Waals surface area contributed by atoms with Crippen LogP contribution in [0.3, 0.4) is 0 Å². The van der Waals surface area contributed by atoms with Crippen LogP contribution in [0.25, 0.3) is 0 Å². The van der Waals surface area contributed by atoms with Gasteiger partial charge in [0.2, 0.25) is 5.91 Å². The van der Waals surface area contributed by atoms with Gasteiger partial charge in [0.25, 0.3) is 0 Å². The quantitative estimate of drug-likeness (QED) is 0.843. The van der Waals surface area contributed by atoms with Crippen LogP contribution in [0.4, 0.5) is 0 Å². The minimum Gasteiger partial charge on any atom is -0.379 e. The van der Waals surface area contributed by atoms with E-state index >= 15 is 0 Å². The summed E-state index contributed by atoms with van der Waals surface area (Å²) in [6.45, 7) is 5.59. The zero-order valence-corrected chi connectivity index (χ0v) is 12.9. The van der Waals surface area contributed by atoms with Crippen molar-refractivity contribution in [2.75, 3.05) is 39.1 Å². The Morgan fingerprint density at radius 1 is 1.35 bits per heavy atom. The number of carbonyl (C=O) groups excluding carboxylic acids is 1. The van der Waals surface area contributed by atoms with E-state index in [1.54, 1.807) is 11.8 Å². The number of nitrogens with one attached hydrogen (secondary N) is 1. The van der Waals surface area contributed by atoms with Gasteiger partial charge in [0.15, 0.2) is 0 Å². The Balaban J connectivity index is 1.82. The number of carbonyl (C=O) groups is 1. The summed E-state index contributed by atoms with van der Waals surface area (Å²) in [5.41, 5.74) is 1.14. The summed E-state index contributed by atoms with van der Waals surface area (Å²) in [6.07, 6.45) is 2.06. The summed E-state index contributed by atoms with van der Waals surface area (Å²) in [4.78, 5) is 15.4. The number of hydrogen-bond acceptors (Lipinski definition) is 4. The molecule has 0 aliphatic carbocycles. The maximum Gasteiger partial charge on any atom is 0.234 e. The molecule has 0 bridgehead atoms. The van der Waals surface area contributed by atoms with Crippen LogP contribution in [0.5, 0.6) is 0 Å².